The maximum absolute atomic E-state index is 11.2. The highest BCUT2D eigenvalue weighted by atomic mass is 16.5. The van der Waals surface area contributed by atoms with E-state index < -0.39 is 17.7 Å². The van der Waals surface area contributed by atoms with Crippen molar-refractivity contribution in [2.75, 3.05) is 26.7 Å². The van der Waals surface area contributed by atoms with Gasteiger partial charge < -0.3 is 20.3 Å². The Bertz CT molecular complexity index is 393. The monoisotopic (exact) mass is 300 g/mol. The van der Waals surface area contributed by atoms with Gasteiger partial charge in [0.05, 0.1) is 18.6 Å². The van der Waals surface area contributed by atoms with Crippen LogP contribution in [0.2, 0.25) is 0 Å². The summed E-state index contributed by atoms with van der Waals surface area (Å²) < 4.78 is 4.58. The highest BCUT2D eigenvalue weighted by Gasteiger charge is 2.38. The van der Waals surface area contributed by atoms with Crippen molar-refractivity contribution in [1.82, 2.24) is 10.2 Å². The van der Waals surface area contributed by atoms with Gasteiger partial charge in [-0.2, -0.15) is 0 Å². The number of hydrogen-bond acceptors (Lipinski definition) is 5. The van der Waals surface area contributed by atoms with Gasteiger partial charge in [-0.25, -0.2) is 4.79 Å². The summed E-state index contributed by atoms with van der Waals surface area (Å²) in [5.74, 6) is -1.09. The normalized spacial score (nSPS) is 33.6. The Morgan fingerprint density at radius 1 is 1.33 bits per heavy atom. The van der Waals surface area contributed by atoms with Crippen molar-refractivity contribution >= 4 is 12.1 Å². The van der Waals surface area contributed by atoms with E-state index in [2.05, 4.69) is 15.0 Å². The number of amides is 1. The highest BCUT2D eigenvalue weighted by molar-refractivity contribution is 5.70. The molecule has 2 aliphatic rings. The molecule has 1 amide bonds. The number of carbonyl (C=O) groups excluding carboxylic acids is 1. The van der Waals surface area contributed by atoms with Crippen LogP contribution in [-0.4, -0.2) is 65.6 Å². The molecule has 1 aliphatic carbocycles. The van der Waals surface area contributed by atoms with Gasteiger partial charge in [0.15, 0.2) is 0 Å². The first-order valence-corrected chi connectivity index (χ1v) is 7.44. The number of methoxy groups -OCH3 is 1. The predicted molar refractivity (Wildman–Crippen MR) is 74.9 cm³/mol. The largest absolute Gasteiger partial charge is 0.481 e. The number of carboxylic acid groups (broad SMARTS) is 1. The number of nitrogens with one attached hydrogen (secondary N) is 1. The van der Waals surface area contributed by atoms with E-state index in [0.29, 0.717) is 38.8 Å². The minimum absolute atomic E-state index is 0.0522. The van der Waals surface area contributed by atoms with Gasteiger partial charge in [0.2, 0.25) is 0 Å². The zero-order valence-corrected chi connectivity index (χ0v) is 12.4. The van der Waals surface area contributed by atoms with E-state index in [-0.39, 0.29) is 12.0 Å². The molecule has 3 N–H and O–H groups in total. The Hall–Kier alpha value is -1.34. The van der Waals surface area contributed by atoms with Crippen molar-refractivity contribution in [2.24, 2.45) is 5.92 Å². The molecule has 7 nitrogen and oxygen atoms in total. The summed E-state index contributed by atoms with van der Waals surface area (Å²) in [6.07, 6.45) is 2.52. The van der Waals surface area contributed by atoms with Gasteiger partial charge in [-0.3, -0.25) is 9.69 Å². The van der Waals surface area contributed by atoms with Crippen LogP contribution in [0, 0.1) is 5.92 Å². The molecular weight excluding hydrogens is 276 g/mol. The number of aliphatic hydroxyl groups is 1. The van der Waals surface area contributed by atoms with Crippen LogP contribution in [0.25, 0.3) is 0 Å². The van der Waals surface area contributed by atoms with Crippen LogP contribution in [0.1, 0.15) is 32.1 Å². The quantitative estimate of drug-likeness (QED) is 0.696. The van der Waals surface area contributed by atoms with Crippen LogP contribution in [0.4, 0.5) is 4.79 Å². The zero-order valence-electron chi connectivity index (χ0n) is 12.4. The van der Waals surface area contributed by atoms with Crippen molar-refractivity contribution in [3.05, 3.63) is 0 Å². The number of likely N-dealkylation sites (tertiary alicyclic amines) is 1. The molecule has 0 radical (unpaired) electrons. The van der Waals surface area contributed by atoms with Crippen LogP contribution >= 0.6 is 0 Å². The fourth-order valence-corrected chi connectivity index (χ4v) is 3.30. The van der Waals surface area contributed by atoms with Crippen molar-refractivity contribution in [3.8, 4) is 0 Å². The molecule has 1 saturated carbocycles. The van der Waals surface area contributed by atoms with E-state index >= 15 is 0 Å². The molecule has 0 aromatic carbocycles. The van der Waals surface area contributed by atoms with Crippen molar-refractivity contribution in [2.45, 2.75) is 43.7 Å². The number of ether oxygens (including phenoxy) is 1. The summed E-state index contributed by atoms with van der Waals surface area (Å²) in [6, 6.07) is 0.0522. The SMILES string of the molecule is COC(=O)NC1CCN(CC2(O)CCC(C(=O)O)CC2)C1. The Balaban J connectivity index is 1.78. The molecule has 0 aromatic rings. The maximum Gasteiger partial charge on any atom is 0.407 e. The molecule has 0 aromatic heterocycles. The fraction of sp³-hybridized carbons (Fsp3) is 0.857. The summed E-state index contributed by atoms with van der Waals surface area (Å²) in [4.78, 5) is 24.2. The maximum atomic E-state index is 11.2. The van der Waals surface area contributed by atoms with Crippen LogP contribution in [0.3, 0.4) is 0 Å². The Labute approximate surface area is 124 Å². The first kappa shape index (κ1) is 16.0. The molecule has 21 heavy (non-hydrogen) atoms. The molecule has 120 valence electrons. The lowest BCUT2D eigenvalue weighted by Crippen LogP contribution is -2.46. The average molecular weight is 300 g/mol. The number of carbonyl (C=O) groups is 2. The van der Waals surface area contributed by atoms with E-state index in [1.165, 1.54) is 7.11 Å². The lowest BCUT2D eigenvalue weighted by Gasteiger charge is -2.37. The Kier molecular flexibility index (Phi) is 5.05. The van der Waals surface area contributed by atoms with Crippen LogP contribution in [0.5, 0.6) is 0 Å². The van der Waals surface area contributed by atoms with E-state index in [9.17, 15) is 14.7 Å². The summed E-state index contributed by atoms with van der Waals surface area (Å²) in [5.41, 5.74) is -0.799. The second kappa shape index (κ2) is 6.62. The van der Waals surface area contributed by atoms with Crippen LogP contribution in [-0.2, 0) is 9.53 Å². The van der Waals surface area contributed by atoms with Gasteiger partial charge >= 0.3 is 12.1 Å². The summed E-state index contributed by atoms with van der Waals surface area (Å²) >= 11 is 0. The molecular formula is C14H24N2O5. The molecule has 2 rings (SSSR count). The number of nitrogens with zero attached hydrogens (tertiary/aromatic N) is 1. The van der Waals surface area contributed by atoms with E-state index in [1.54, 1.807) is 0 Å². The third-order valence-corrected chi connectivity index (χ3v) is 4.56. The van der Waals surface area contributed by atoms with Crippen molar-refractivity contribution in [1.29, 1.82) is 0 Å². The van der Waals surface area contributed by atoms with E-state index in [4.69, 9.17) is 5.11 Å². The number of hydrogen-bond donors (Lipinski definition) is 3. The molecule has 1 heterocycles. The molecule has 7 heteroatoms. The first-order valence-electron chi connectivity index (χ1n) is 7.44. The standard InChI is InChI=1S/C14H24N2O5/c1-21-13(19)15-11-4-7-16(8-11)9-14(20)5-2-10(3-6-14)12(17)18/h10-11,20H,2-9H2,1H3,(H,15,19)(H,17,18). The minimum Gasteiger partial charge on any atom is -0.481 e. The lowest BCUT2D eigenvalue weighted by molar-refractivity contribution is -0.145. The molecule has 0 spiro atoms. The number of β-amino-alcohol motifs (C(OH)–C–C–N with tert-alkyl or cyclic N) is 1. The van der Waals surface area contributed by atoms with Gasteiger partial charge in [0.1, 0.15) is 0 Å². The Morgan fingerprint density at radius 2 is 2.00 bits per heavy atom. The van der Waals surface area contributed by atoms with Crippen molar-refractivity contribution < 1.29 is 24.5 Å². The van der Waals surface area contributed by atoms with Crippen LogP contribution < -0.4 is 5.32 Å². The second-order valence-corrected chi connectivity index (χ2v) is 6.19. The first-order chi connectivity index (χ1) is 9.92. The predicted octanol–water partition coefficient (Wildman–Crippen LogP) is 0.423. The average Bonchev–Trinajstić information content (AvgIpc) is 2.85. The van der Waals surface area contributed by atoms with Gasteiger partial charge in [-0.05, 0) is 32.1 Å². The lowest BCUT2D eigenvalue weighted by atomic mass is 9.78. The molecule has 0 bridgehead atoms. The van der Waals surface area contributed by atoms with Crippen molar-refractivity contribution in [3.63, 3.8) is 0 Å². The molecule has 1 atom stereocenters. The third kappa shape index (κ3) is 4.31. The fourth-order valence-electron chi connectivity index (χ4n) is 3.30. The minimum atomic E-state index is -0.799. The van der Waals surface area contributed by atoms with Crippen LogP contribution in [0.15, 0.2) is 0 Å². The summed E-state index contributed by atoms with van der Waals surface area (Å²) in [7, 11) is 1.34. The smallest absolute Gasteiger partial charge is 0.407 e. The number of rotatable bonds is 4. The molecule has 1 aliphatic heterocycles. The molecule has 2 fully saturated rings. The second-order valence-electron chi connectivity index (χ2n) is 6.19. The van der Waals surface area contributed by atoms with Gasteiger partial charge in [-0.1, -0.05) is 0 Å². The molecule has 1 saturated heterocycles. The van der Waals surface area contributed by atoms with Gasteiger partial charge in [0.25, 0.3) is 0 Å². The van der Waals surface area contributed by atoms with E-state index in [1.807, 2.05) is 0 Å². The highest BCUT2D eigenvalue weighted by Crippen LogP contribution is 2.33. The number of alkyl carbamates (subject to hydrolysis) is 1. The third-order valence-electron chi connectivity index (χ3n) is 4.56. The topological polar surface area (TPSA) is 99.1 Å². The van der Waals surface area contributed by atoms with Gasteiger partial charge in [-0.15, -0.1) is 0 Å². The number of carboxylic acids is 1. The summed E-state index contributed by atoms with van der Waals surface area (Å²) in [5, 5.41) is 22.4. The van der Waals surface area contributed by atoms with E-state index in [0.717, 1.165) is 13.0 Å². The summed E-state index contributed by atoms with van der Waals surface area (Å²) in [6.45, 7) is 2.05. The molecule has 1 unspecified atom stereocenters. The zero-order chi connectivity index (χ0) is 15.5. The number of aliphatic carboxylic acids is 1. The van der Waals surface area contributed by atoms with Gasteiger partial charge in [0, 0.05) is 25.7 Å². The Morgan fingerprint density at radius 3 is 2.57 bits per heavy atom.